The van der Waals surface area contributed by atoms with Gasteiger partial charge in [-0.2, -0.15) is 0 Å². The van der Waals surface area contributed by atoms with Crippen LogP contribution in [-0.4, -0.2) is 9.38 Å². The number of thiazole rings is 1. The van der Waals surface area contributed by atoms with E-state index >= 15 is 0 Å². The molecule has 4 rings (SSSR count). The fourth-order valence-electron chi connectivity index (χ4n) is 3.36. The smallest absolute Gasteiger partial charge is 0.194 e. The Labute approximate surface area is 106 Å². The van der Waals surface area contributed by atoms with Crippen LogP contribution < -0.4 is 0 Å². The molecule has 0 saturated heterocycles. The van der Waals surface area contributed by atoms with Crippen molar-refractivity contribution in [3.8, 4) is 0 Å². The van der Waals surface area contributed by atoms with E-state index in [1.165, 1.54) is 54.9 Å². The summed E-state index contributed by atoms with van der Waals surface area (Å²) < 4.78 is 2.50. The summed E-state index contributed by atoms with van der Waals surface area (Å²) in [7, 11) is 0. The second-order valence-electron chi connectivity index (χ2n) is 6.29. The van der Waals surface area contributed by atoms with Gasteiger partial charge < -0.3 is 0 Å². The predicted octanol–water partition coefficient (Wildman–Crippen LogP) is 3.40. The molecule has 0 spiro atoms. The van der Waals surface area contributed by atoms with E-state index in [2.05, 4.69) is 18.2 Å². The van der Waals surface area contributed by atoms with Crippen LogP contribution in [0.25, 0.3) is 4.96 Å². The lowest BCUT2D eigenvalue weighted by Crippen LogP contribution is -2.23. The molecule has 0 atom stereocenters. The molecule has 0 bridgehead atoms. The SMILES string of the molecule is CC1(C)CCc2nc3sc4c(n3c2C1)CCC4. The Morgan fingerprint density at radius 3 is 2.94 bits per heavy atom. The molecule has 0 N–H and O–H groups in total. The van der Waals surface area contributed by atoms with Crippen molar-refractivity contribution in [3.63, 3.8) is 0 Å². The molecule has 0 aliphatic heterocycles. The highest BCUT2D eigenvalue weighted by Crippen LogP contribution is 2.39. The first-order valence-corrected chi connectivity index (χ1v) is 7.46. The van der Waals surface area contributed by atoms with Gasteiger partial charge in [0.15, 0.2) is 4.96 Å². The van der Waals surface area contributed by atoms with Crippen LogP contribution >= 0.6 is 11.3 Å². The molecule has 0 aromatic carbocycles. The maximum absolute atomic E-state index is 4.86. The monoisotopic (exact) mass is 246 g/mol. The number of aryl methyl sites for hydroxylation is 3. The minimum atomic E-state index is 0.455. The van der Waals surface area contributed by atoms with E-state index in [1.54, 1.807) is 10.6 Å². The maximum atomic E-state index is 4.86. The van der Waals surface area contributed by atoms with E-state index in [9.17, 15) is 0 Å². The zero-order valence-electron chi connectivity index (χ0n) is 10.5. The fourth-order valence-corrected chi connectivity index (χ4v) is 4.60. The summed E-state index contributed by atoms with van der Waals surface area (Å²) in [5.74, 6) is 0. The first-order chi connectivity index (χ1) is 8.14. The van der Waals surface area contributed by atoms with Crippen LogP contribution in [0, 0.1) is 5.41 Å². The van der Waals surface area contributed by atoms with Crippen LogP contribution in [-0.2, 0) is 25.7 Å². The predicted molar refractivity (Wildman–Crippen MR) is 70.9 cm³/mol. The van der Waals surface area contributed by atoms with Crippen molar-refractivity contribution in [1.82, 2.24) is 9.38 Å². The van der Waals surface area contributed by atoms with Gasteiger partial charge in [-0.25, -0.2) is 4.98 Å². The first-order valence-electron chi connectivity index (χ1n) is 6.65. The number of fused-ring (bicyclic) bond motifs is 5. The Bertz CT molecular complexity index is 603. The molecule has 2 heterocycles. The topological polar surface area (TPSA) is 17.3 Å². The number of nitrogens with zero attached hydrogens (tertiary/aromatic N) is 2. The lowest BCUT2D eigenvalue weighted by molar-refractivity contribution is 0.308. The van der Waals surface area contributed by atoms with Gasteiger partial charge in [0, 0.05) is 16.3 Å². The molecular weight excluding hydrogens is 228 g/mol. The highest BCUT2D eigenvalue weighted by Gasteiger charge is 2.31. The lowest BCUT2D eigenvalue weighted by Gasteiger charge is -2.29. The largest absolute Gasteiger partial charge is 0.291 e. The zero-order chi connectivity index (χ0) is 11.6. The Kier molecular flexibility index (Phi) is 1.87. The van der Waals surface area contributed by atoms with E-state index in [1.807, 2.05) is 11.3 Å². The van der Waals surface area contributed by atoms with E-state index in [0.717, 1.165) is 0 Å². The summed E-state index contributed by atoms with van der Waals surface area (Å²) in [6.07, 6.45) is 7.54. The van der Waals surface area contributed by atoms with E-state index in [0.29, 0.717) is 5.41 Å². The minimum absolute atomic E-state index is 0.455. The second kappa shape index (κ2) is 3.14. The zero-order valence-corrected chi connectivity index (χ0v) is 11.4. The summed E-state index contributed by atoms with van der Waals surface area (Å²) >= 11 is 1.93. The Hall–Kier alpha value is -0.830. The van der Waals surface area contributed by atoms with E-state index in [-0.39, 0.29) is 0 Å². The Morgan fingerprint density at radius 2 is 2.06 bits per heavy atom. The molecule has 2 aromatic rings. The molecule has 0 radical (unpaired) electrons. The summed E-state index contributed by atoms with van der Waals surface area (Å²) in [5.41, 5.74) is 4.94. The molecule has 0 amide bonds. The van der Waals surface area contributed by atoms with Crippen LogP contribution in [0.15, 0.2) is 0 Å². The Morgan fingerprint density at radius 1 is 1.18 bits per heavy atom. The van der Waals surface area contributed by atoms with Crippen molar-refractivity contribution in [2.45, 2.75) is 52.4 Å². The van der Waals surface area contributed by atoms with Crippen LogP contribution in [0.4, 0.5) is 0 Å². The first kappa shape index (κ1) is 10.1. The van der Waals surface area contributed by atoms with Crippen molar-refractivity contribution in [3.05, 3.63) is 22.0 Å². The lowest BCUT2D eigenvalue weighted by atomic mass is 9.78. The number of imidazole rings is 1. The normalized spacial score (nSPS) is 21.8. The summed E-state index contributed by atoms with van der Waals surface area (Å²) in [5, 5.41) is 0. The van der Waals surface area contributed by atoms with Crippen LogP contribution in [0.2, 0.25) is 0 Å². The number of hydrogen-bond donors (Lipinski definition) is 0. The van der Waals surface area contributed by atoms with Crippen molar-refractivity contribution >= 4 is 16.3 Å². The van der Waals surface area contributed by atoms with Gasteiger partial charge in [-0.15, -0.1) is 11.3 Å². The van der Waals surface area contributed by atoms with Gasteiger partial charge in [0.25, 0.3) is 0 Å². The number of aromatic nitrogens is 2. The van der Waals surface area contributed by atoms with Gasteiger partial charge in [-0.1, -0.05) is 13.8 Å². The molecule has 3 heteroatoms. The van der Waals surface area contributed by atoms with Gasteiger partial charge in [-0.3, -0.25) is 4.40 Å². The Balaban J connectivity index is 1.97. The van der Waals surface area contributed by atoms with Gasteiger partial charge in [0.1, 0.15) is 0 Å². The van der Waals surface area contributed by atoms with Gasteiger partial charge in [-0.05, 0) is 43.9 Å². The molecule has 90 valence electrons. The van der Waals surface area contributed by atoms with Crippen molar-refractivity contribution < 1.29 is 0 Å². The molecule has 2 aliphatic rings. The van der Waals surface area contributed by atoms with Crippen LogP contribution in [0.5, 0.6) is 0 Å². The van der Waals surface area contributed by atoms with Gasteiger partial charge in [0.2, 0.25) is 0 Å². The molecule has 2 nitrogen and oxygen atoms in total. The van der Waals surface area contributed by atoms with Crippen molar-refractivity contribution in [1.29, 1.82) is 0 Å². The average Bonchev–Trinajstić information content (AvgIpc) is 2.86. The maximum Gasteiger partial charge on any atom is 0.194 e. The third-order valence-corrected chi connectivity index (χ3v) is 5.48. The molecule has 2 aliphatic carbocycles. The minimum Gasteiger partial charge on any atom is -0.291 e. The van der Waals surface area contributed by atoms with E-state index in [4.69, 9.17) is 4.98 Å². The summed E-state index contributed by atoms with van der Waals surface area (Å²) in [6, 6.07) is 0. The molecule has 0 fully saturated rings. The van der Waals surface area contributed by atoms with Crippen LogP contribution in [0.3, 0.4) is 0 Å². The standard InChI is InChI=1S/C14H18N2S/c1-14(2)7-6-9-11(8-14)16-10-4-3-5-12(10)17-13(16)15-9/h3-8H2,1-2H3. The summed E-state index contributed by atoms with van der Waals surface area (Å²) in [6.45, 7) is 4.78. The molecule has 2 aromatic heterocycles. The third-order valence-electron chi connectivity index (χ3n) is 4.33. The quantitative estimate of drug-likeness (QED) is 0.696. The molecular formula is C14H18N2S. The van der Waals surface area contributed by atoms with Crippen LogP contribution in [0.1, 0.15) is 48.6 Å². The van der Waals surface area contributed by atoms with Gasteiger partial charge >= 0.3 is 0 Å². The van der Waals surface area contributed by atoms with E-state index < -0.39 is 0 Å². The van der Waals surface area contributed by atoms with Crippen molar-refractivity contribution in [2.24, 2.45) is 5.41 Å². The van der Waals surface area contributed by atoms with Gasteiger partial charge in [0.05, 0.1) is 5.69 Å². The van der Waals surface area contributed by atoms with Crippen molar-refractivity contribution in [2.75, 3.05) is 0 Å². The molecule has 0 saturated carbocycles. The number of hydrogen-bond acceptors (Lipinski definition) is 2. The molecule has 17 heavy (non-hydrogen) atoms. The average molecular weight is 246 g/mol. The third kappa shape index (κ3) is 1.35. The highest BCUT2D eigenvalue weighted by molar-refractivity contribution is 7.17. The highest BCUT2D eigenvalue weighted by atomic mass is 32.1. The summed E-state index contributed by atoms with van der Waals surface area (Å²) in [4.78, 5) is 7.72. The molecule has 0 unspecified atom stereocenters. The second-order valence-corrected chi connectivity index (χ2v) is 7.35. The fraction of sp³-hybridized carbons (Fsp3) is 0.643. The number of rotatable bonds is 0.